The van der Waals surface area contributed by atoms with Crippen molar-refractivity contribution >= 4 is 23.2 Å². The van der Waals surface area contributed by atoms with Crippen molar-refractivity contribution in [2.75, 3.05) is 23.3 Å². The maximum Gasteiger partial charge on any atom is 0.319 e. The van der Waals surface area contributed by atoms with Crippen molar-refractivity contribution in [3.05, 3.63) is 58.3 Å². The molecule has 0 atom stereocenters. The van der Waals surface area contributed by atoms with E-state index in [9.17, 15) is 14.9 Å². The predicted octanol–water partition coefficient (Wildman–Crippen LogP) is 3.69. The van der Waals surface area contributed by atoms with Gasteiger partial charge in [0.1, 0.15) is 5.82 Å². The summed E-state index contributed by atoms with van der Waals surface area (Å²) in [5.41, 5.74) is 1.39. The molecule has 2 aromatic rings. The van der Waals surface area contributed by atoms with Crippen LogP contribution in [0.15, 0.2) is 42.6 Å². The lowest BCUT2D eigenvalue weighted by Crippen LogP contribution is -2.28. The number of anilines is 2. The van der Waals surface area contributed by atoms with Crippen LogP contribution in [-0.2, 0) is 6.54 Å². The van der Waals surface area contributed by atoms with Crippen LogP contribution in [0, 0.1) is 10.1 Å². The molecule has 1 aliphatic heterocycles. The summed E-state index contributed by atoms with van der Waals surface area (Å²) in [4.78, 5) is 29.0. The Morgan fingerprint density at radius 3 is 2.37 bits per heavy atom. The smallest absolute Gasteiger partial charge is 0.319 e. The summed E-state index contributed by atoms with van der Waals surface area (Å²) in [6.07, 6.45) is 6.75. The van der Waals surface area contributed by atoms with Gasteiger partial charge in [0.15, 0.2) is 0 Å². The van der Waals surface area contributed by atoms with Crippen LogP contribution in [0.25, 0.3) is 0 Å². The van der Waals surface area contributed by atoms with E-state index in [0.29, 0.717) is 12.2 Å². The zero-order chi connectivity index (χ0) is 19.1. The third kappa shape index (κ3) is 5.40. The van der Waals surface area contributed by atoms with Crippen molar-refractivity contribution in [3.8, 4) is 0 Å². The SMILES string of the molecule is O=C(NCc1ccc(N2CCCCCC2)nc1)Nc1ccc([N+](=O)[O-])cc1. The van der Waals surface area contributed by atoms with Crippen molar-refractivity contribution < 1.29 is 9.72 Å². The average molecular weight is 369 g/mol. The number of carbonyl (C=O) groups excluding carboxylic acids is 1. The van der Waals surface area contributed by atoms with Crippen molar-refractivity contribution in [1.82, 2.24) is 10.3 Å². The van der Waals surface area contributed by atoms with E-state index in [1.54, 1.807) is 6.20 Å². The third-order valence-corrected chi connectivity index (χ3v) is 4.53. The summed E-state index contributed by atoms with van der Waals surface area (Å²) in [5.74, 6) is 0.982. The highest BCUT2D eigenvalue weighted by Crippen LogP contribution is 2.18. The predicted molar refractivity (Wildman–Crippen MR) is 104 cm³/mol. The first kappa shape index (κ1) is 18.6. The molecule has 0 bridgehead atoms. The Hall–Kier alpha value is -3.16. The maximum absolute atomic E-state index is 12.0. The summed E-state index contributed by atoms with van der Waals surface area (Å²) < 4.78 is 0. The minimum atomic E-state index is -0.480. The van der Waals surface area contributed by atoms with Gasteiger partial charge in [-0.15, -0.1) is 0 Å². The molecule has 1 aromatic heterocycles. The number of nitrogens with one attached hydrogen (secondary N) is 2. The molecule has 0 unspecified atom stereocenters. The van der Waals surface area contributed by atoms with Gasteiger partial charge in [-0.05, 0) is 36.6 Å². The molecule has 3 rings (SSSR count). The molecule has 142 valence electrons. The molecule has 0 spiro atoms. The van der Waals surface area contributed by atoms with Crippen LogP contribution in [-0.4, -0.2) is 29.0 Å². The zero-order valence-electron chi connectivity index (χ0n) is 15.1. The second-order valence-corrected chi connectivity index (χ2v) is 6.54. The van der Waals surface area contributed by atoms with Crippen LogP contribution >= 0.6 is 0 Å². The standard InChI is InChI=1S/C19H23N5O3/c25-19(22-16-6-8-17(9-7-16)24(26)27)21-14-15-5-10-18(20-13-15)23-11-3-1-2-4-12-23/h5-10,13H,1-4,11-12,14H2,(H2,21,22,25). The fourth-order valence-electron chi connectivity index (χ4n) is 3.03. The molecule has 0 saturated carbocycles. The van der Waals surface area contributed by atoms with Crippen LogP contribution in [0.4, 0.5) is 22.0 Å². The number of nitro benzene ring substituents is 1. The number of urea groups is 1. The molecule has 2 heterocycles. The Bertz CT molecular complexity index is 769. The van der Waals surface area contributed by atoms with E-state index in [1.165, 1.54) is 49.9 Å². The minimum Gasteiger partial charge on any atom is -0.357 e. The van der Waals surface area contributed by atoms with Gasteiger partial charge in [-0.1, -0.05) is 18.9 Å². The van der Waals surface area contributed by atoms with Gasteiger partial charge in [-0.2, -0.15) is 0 Å². The largest absolute Gasteiger partial charge is 0.357 e. The van der Waals surface area contributed by atoms with E-state index in [4.69, 9.17) is 0 Å². The van der Waals surface area contributed by atoms with Gasteiger partial charge in [0.25, 0.3) is 5.69 Å². The van der Waals surface area contributed by atoms with E-state index in [1.807, 2.05) is 12.1 Å². The topological polar surface area (TPSA) is 100 Å². The van der Waals surface area contributed by atoms with E-state index in [2.05, 4.69) is 20.5 Å². The number of hydrogen-bond donors (Lipinski definition) is 2. The van der Waals surface area contributed by atoms with E-state index in [-0.39, 0.29) is 11.7 Å². The highest BCUT2D eigenvalue weighted by molar-refractivity contribution is 5.89. The van der Waals surface area contributed by atoms with Crippen molar-refractivity contribution in [2.45, 2.75) is 32.2 Å². The van der Waals surface area contributed by atoms with E-state index in [0.717, 1.165) is 24.5 Å². The first-order valence-corrected chi connectivity index (χ1v) is 9.11. The zero-order valence-corrected chi connectivity index (χ0v) is 15.1. The normalized spacial score (nSPS) is 14.3. The molecule has 27 heavy (non-hydrogen) atoms. The molecule has 8 nitrogen and oxygen atoms in total. The number of non-ortho nitro benzene ring substituents is 1. The third-order valence-electron chi connectivity index (χ3n) is 4.53. The quantitative estimate of drug-likeness (QED) is 0.618. The van der Waals surface area contributed by atoms with E-state index >= 15 is 0 Å². The number of pyridine rings is 1. The number of aromatic nitrogens is 1. The number of amides is 2. The van der Waals surface area contributed by atoms with Crippen molar-refractivity contribution in [1.29, 1.82) is 0 Å². The maximum atomic E-state index is 12.0. The van der Waals surface area contributed by atoms with Gasteiger partial charge in [-0.25, -0.2) is 9.78 Å². The highest BCUT2D eigenvalue weighted by Gasteiger charge is 2.11. The number of hydrogen-bond acceptors (Lipinski definition) is 5. The molecule has 1 saturated heterocycles. The molecule has 1 aromatic carbocycles. The molecule has 1 aliphatic rings. The molecule has 2 amide bonds. The Kier molecular flexibility index (Phi) is 6.19. The number of carbonyl (C=O) groups is 1. The number of nitro groups is 1. The Morgan fingerprint density at radius 2 is 1.78 bits per heavy atom. The molecule has 0 aliphatic carbocycles. The van der Waals surface area contributed by atoms with Gasteiger partial charge in [0.05, 0.1) is 4.92 Å². The average Bonchev–Trinajstić information content (AvgIpc) is 2.97. The Balaban J connectivity index is 1.49. The van der Waals surface area contributed by atoms with Crippen LogP contribution in [0.2, 0.25) is 0 Å². The van der Waals surface area contributed by atoms with Gasteiger partial charge in [-0.3, -0.25) is 10.1 Å². The van der Waals surface area contributed by atoms with Crippen molar-refractivity contribution in [2.24, 2.45) is 0 Å². The summed E-state index contributed by atoms with van der Waals surface area (Å²) >= 11 is 0. The lowest BCUT2D eigenvalue weighted by atomic mass is 10.2. The lowest BCUT2D eigenvalue weighted by molar-refractivity contribution is -0.384. The summed E-state index contributed by atoms with van der Waals surface area (Å²) in [7, 11) is 0. The summed E-state index contributed by atoms with van der Waals surface area (Å²) in [6.45, 7) is 2.44. The molecule has 0 radical (unpaired) electrons. The number of rotatable bonds is 5. The minimum absolute atomic E-state index is 0.0171. The monoisotopic (exact) mass is 369 g/mol. The highest BCUT2D eigenvalue weighted by atomic mass is 16.6. The first-order valence-electron chi connectivity index (χ1n) is 9.11. The number of nitrogens with zero attached hydrogens (tertiary/aromatic N) is 3. The molecular weight excluding hydrogens is 346 g/mol. The fraction of sp³-hybridized carbons (Fsp3) is 0.368. The van der Waals surface area contributed by atoms with Gasteiger partial charge >= 0.3 is 6.03 Å². The molecule has 1 fully saturated rings. The van der Waals surface area contributed by atoms with Crippen molar-refractivity contribution in [3.63, 3.8) is 0 Å². The number of benzene rings is 1. The first-order chi connectivity index (χ1) is 13.1. The van der Waals surface area contributed by atoms with Crippen LogP contribution in [0.3, 0.4) is 0 Å². The van der Waals surface area contributed by atoms with Crippen LogP contribution in [0.1, 0.15) is 31.2 Å². The Labute approximate surface area is 157 Å². The van der Waals surface area contributed by atoms with Gasteiger partial charge in [0.2, 0.25) is 0 Å². The van der Waals surface area contributed by atoms with Gasteiger partial charge < -0.3 is 15.5 Å². The van der Waals surface area contributed by atoms with Gasteiger partial charge in [0, 0.05) is 43.7 Å². The lowest BCUT2D eigenvalue weighted by Gasteiger charge is -2.21. The fourth-order valence-corrected chi connectivity index (χ4v) is 3.03. The van der Waals surface area contributed by atoms with Crippen LogP contribution < -0.4 is 15.5 Å². The molecule has 8 heteroatoms. The second-order valence-electron chi connectivity index (χ2n) is 6.54. The Morgan fingerprint density at radius 1 is 1.07 bits per heavy atom. The summed E-state index contributed by atoms with van der Waals surface area (Å²) in [5, 5.41) is 16.0. The van der Waals surface area contributed by atoms with E-state index < -0.39 is 4.92 Å². The second kappa shape index (κ2) is 8.98. The summed E-state index contributed by atoms with van der Waals surface area (Å²) in [6, 6.07) is 9.28. The van der Waals surface area contributed by atoms with Crippen LogP contribution in [0.5, 0.6) is 0 Å². The molecular formula is C19H23N5O3. The molecule has 2 N–H and O–H groups in total.